The highest BCUT2D eigenvalue weighted by Gasteiger charge is 2.29. The number of unbranched alkanes of at least 4 members (excludes halogenated alkanes) is 2. The molecule has 0 saturated heterocycles. The smallest absolute Gasteiger partial charge is 0.0515 e. The summed E-state index contributed by atoms with van der Waals surface area (Å²) >= 11 is 0. The van der Waals surface area contributed by atoms with Gasteiger partial charge in [-0.15, -0.1) is 0 Å². The van der Waals surface area contributed by atoms with E-state index >= 15 is 0 Å². The third-order valence-electron chi connectivity index (χ3n) is 10.3. The maximum atomic E-state index is 5.49. The zero-order valence-electron chi connectivity index (χ0n) is 25.8. The summed E-state index contributed by atoms with van der Waals surface area (Å²) in [5, 5.41) is 0. The quantitative estimate of drug-likeness (QED) is 0.239. The molecule has 2 nitrogen and oxygen atoms in total. The number of benzene rings is 2. The van der Waals surface area contributed by atoms with E-state index in [2.05, 4.69) is 57.2 Å². The number of aryl methyl sites for hydroxylation is 2. The van der Waals surface area contributed by atoms with Gasteiger partial charge in [-0.2, -0.15) is 0 Å². The second-order valence-corrected chi connectivity index (χ2v) is 12.8. The van der Waals surface area contributed by atoms with Crippen LogP contribution in [0.1, 0.15) is 125 Å². The van der Waals surface area contributed by atoms with E-state index in [9.17, 15) is 0 Å². The molecule has 2 aromatic rings. The summed E-state index contributed by atoms with van der Waals surface area (Å²) in [6.45, 7) is 8.62. The van der Waals surface area contributed by atoms with Gasteiger partial charge in [0.25, 0.3) is 0 Å². The molecule has 2 aliphatic carbocycles. The molecule has 0 atom stereocenters. The molecular weight excluding hydrogens is 476 g/mol. The molecule has 39 heavy (non-hydrogen) atoms. The molecule has 2 saturated carbocycles. The summed E-state index contributed by atoms with van der Waals surface area (Å²) in [6, 6.07) is 14.7. The number of ether oxygens (including phenoxy) is 2. The van der Waals surface area contributed by atoms with Crippen molar-refractivity contribution in [2.45, 2.75) is 116 Å². The lowest BCUT2D eigenvalue weighted by Gasteiger charge is -2.34. The minimum absolute atomic E-state index is 0.529. The van der Waals surface area contributed by atoms with Gasteiger partial charge in [0.1, 0.15) is 0 Å². The number of rotatable bonds is 13. The van der Waals surface area contributed by atoms with Crippen LogP contribution in [-0.4, -0.2) is 27.4 Å². The van der Waals surface area contributed by atoms with Crippen LogP contribution in [0.3, 0.4) is 0 Å². The van der Waals surface area contributed by atoms with Crippen LogP contribution in [-0.2, 0) is 15.9 Å². The lowest BCUT2D eigenvalue weighted by atomic mass is 9.73. The number of hydrogen-bond acceptors (Lipinski definition) is 2. The second-order valence-electron chi connectivity index (χ2n) is 12.8. The summed E-state index contributed by atoms with van der Waals surface area (Å²) in [6.07, 6.45) is 17.5. The normalized spacial score (nSPS) is 23.8. The van der Waals surface area contributed by atoms with Crippen molar-refractivity contribution in [3.63, 3.8) is 0 Å². The van der Waals surface area contributed by atoms with Crippen molar-refractivity contribution in [1.82, 2.24) is 0 Å². The molecular formula is C37H56O2. The van der Waals surface area contributed by atoms with Gasteiger partial charge < -0.3 is 9.47 Å². The van der Waals surface area contributed by atoms with Crippen LogP contribution in [0.5, 0.6) is 0 Å². The van der Waals surface area contributed by atoms with Crippen molar-refractivity contribution < 1.29 is 9.47 Å². The minimum Gasteiger partial charge on any atom is -0.384 e. The predicted molar refractivity (Wildman–Crippen MR) is 167 cm³/mol. The number of methoxy groups -OCH3 is 2. The largest absolute Gasteiger partial charge is 0.384 e. The van der Waals surface area contributed by atoms with E-state index < -0.39 is 0 Å². The predicted octanol–water partition coefficient (Wildman–Crippen LogP) is 10.3. The molecule has 0 heterocycles. The van der Waals surface area contributed by atoms with Crippen molar-refractivity contribution in [2.24, 2.45) is 17.8 Å². The van der Waals surface area contributed by atoms with Gasteiger partial charge in [0.05, 0.1) is 13.2 Å². The first kappa shape index (κ1) is 30.3. The Morgan fingerprint density at radius 3 is 1.90 bits per heavy atom. The fourth-order valence-corrected chi connectivity index (χ4v) is 7.90. The topological polar surface area (TPSA) is 18.5 Å². The Labute approximate surface area is 240 Å². The van der Waals surface area contributed by atoms with Gasteiger partial charge >= 0.3 is 0 Å². The van der Waals surface area contributed by atoms with Crippen LogP contribution in [0.4, 0.5) is 0 Å². The average molecular weight is 533 g/mol. The first-order chi connectivity index (χ1) is 19.1. The maximum absolute atomic E-state index is 5.49. The fraction of sp³-hybridized carbons (Fsp3) is 0.676. The molecule has 2 fully saturated rings. The molecule has 0 N–H and O–H groups in total. The van der Waals surface area contributed by atoms with E-state index in [0.717, 1.165) is 37.4 Å². The Balaban J connectivity index is 1.39. The second kappa shape index (κ2) is 15.4. The van der Waals surface area contributed by atoms with Crippen molar-refractivity contribution in [3.8, 4) is 11.1 Å². The molecule has 0 unspecified atom stereocenters. The van der Waals surface area contributed by atoms with Crippen molar-refractivity contribution >= 4 is 0 Å². The van der Waals surface area contributed by atoms with Crippen molar-refractivity contribution in [2.75, 3.05) is 27.4 Å². The summed E-state index contributed by atoms with van der Waals surface area (Å²) in [5.41, 5.74) is 9.01. The molecule has 2 heteroatoms. The van der Waals surface area contributed by atoms with E-state index in [1.165, 1.54) is 93.7 Å². The van der Waals surface area contributed by atoms with Crippen LogP contribution in [0, 0.1) is 24.7 Å². The Morgan fingerprint density at radius 1 is 0.718 bits per heavy atom. The first-order valence-electron chi connectivity index (χ1n) is 16.3. The minimum atomic E-state index is 0.529. The molecule has 2 aromatic carbocycles. The maximum Gasteiger partial charge on any atom is 0.0515 e. The van der Waals surface area contributed by atoms with E-state index in [-0.39, 0.29) is 0 Å². The van der Waals surface area contributed by atoms with Gasteiger partial charge in [0.2, 0.25) is 0 Å². The molecule has 0 amide bonds. The zero-order chi connectivity index (χ0) is 27.6. The van der Waals surface area contributed by atoms with Crippen molar-refractivity contribution in [3.05, 3.63) is 58.7 Å². The molecule has 4 rings (SSSR count). The third kappa shape index (κ3) is 7.98. The van der Waals surface area contributed by atoms with Gasteiger partial charge in [0.15, 0.2) is 0 Å². The van der Waals surface area contributed by atoms with Crippen LogP contribution in [0.25, 0.3) is 11.1 Å². The van der Waals surface area contributed by atoms with E-state index in [1.54, 1.807) is 16.7 Å². The Morgan fingerprint density at radius 2 is 1.31 bits per heavy atom. The van der Waals surface area contributed by atoms with Gasteiger partial charge in [-0.1, -0.05) is 75.9 Å². The first-order valence-corrected chi connectivity index (χ1v) is 16.3. The molecule has 0 aromatic heterocycles. The number of hydrogen-bond donors (Lipinski definition) is 0. The van der Waals surface area contributed by atoms with Crippen molar-refractivity contribution in [1.29, 1.82) is 0 Å². The monoisotopic (exact) mass is 532 g/mol. The van der Waals surface area contributed by atoms with Gasteiger partial charge in [-0.3, -0.25) is 0 Å². The van der Waals surface area contributed by atoms with E-state index in [1.807, 2.05) is 14.2 Å². The Hall–Kier alpha value is -1.64. The molecule has 0 radical (unpaired) electrons. The molecule has 0 bridgehead atoms. The average Bonchev–Trinajstić information content (AvgIpc) is 2.97. The van der Waals surface area contributed by atoms with E-state index in [0.29, 0.717) is 11.8 Å². The van der Waals surface area contributed by atoms with Gasteiger partial charge in [-0.25, -0.2) is 0 Å². The third-order valence-corrected chi connectivity index (χ3v) is 10.3. The van der Waals surface area contributed by atoms with Crippen LogP contribution in [0.2, 0.25) is 0 Å². The molecule has 216 valence electrons. The van der Waals surface area contributed by atoms with Crippen LogP contribution < -0.4 is 0 Å². The Kier molecular flexibility index (Phi) is 12.0. The highest BCUT2D eigenvalue weighted by molar-refractivity contribution is 5.66. The molecule has 0 aliphatic heterocycles. The van der Waals surface area contributed by atoms with Gasteiger partial charge in [-0.05, 0) is 122 Å². The molecule has 2 aliphatic rings. The fourth-order valence-electron chi connectivity index (χ4n) is 7.90. The Bertz CT molecular complexity index is 988. The highest BCUT2D eigenvalue weighted by atomic mass is 16.5. The van der Waals surface area contributed by atoms with Crippen LogP contribution >= 0.6 is 0 Å². The summed E-state index contributed by atoms with van der Waals surface area (Å²) in [5.74, 6) is 3.68. The standard InChI is InChI=1S/C37H56O2/c1-6-8-9-10-28-11-13-32(14-12-28)37-22-20-34(24-29(37)7-2)33-19-21-36(27(3)23-33)31-17-15-30(16-18-31)35(25-38-4)26-39-5/h19-24,28,30-32,35H,6-18,25-26H2,1-5H3. The highest BCUT2D eigenvalue weighted by Crippen LogP contribution is 2.42. The summed E-state index contributed by atoms with van der Waals surface area (Å²) in [7, 11) is 3.63. The lowest BCUT2D eigenvalue weighted by Crippen LogP contribution is -2.27. The summed E-state index contributed by atoms with van der Waals surface area (Å²) in [4.78, 5) is 0. The lowest BCUT2D eigenvalue weighted by molar-refractivity contribution is 0.0411. The summed E-state index contributed by atoms with van der Waals surface area (Å²) < 4.78 is 11.0. The van der Waals surface area contributed by atoms with Crippen LogP contribution in [0.15, 0.2) is 36.4 Å². The SMILES string of the molecule is CCCCCC1CCC(c2ccc(-c3ccc(C4CCC(C(COC)COC)CC4)c(C)c3)cc2CC)CC1. The van der Waals surface area contributed by atoms with Gasteiger partial charge in [0, 0.05) is 20.1 Å². The molecule has 0 spiro atoms. The zero-order valence-corrected chi connectivity index (χ0v) is 25.8. The van der Waals surface area contributed by atoms with E-state index in [4.69, 9.17) is 9.47 Å².